The van der Waals surface area contributed by atoms with E-state index in [4.69, 9.17) is 4.98 Å². The summed E-state index contributed by atoms with van der Waals surface area (Å²) >= 11 is 1.62. The summed E-state index contributed by atoms with van der Waals surface area (Å²) in [7, 11) is 4.12. The van der Waals surface area contributed by atoms with Gasteiger partial charge in [-0.3, -0.25) is 9.69 Å². The lowest BCUT2D eigenvalue weighted by molar-refractivity contribution is -0.118. The number of carbonyl (C=O) groups excluding carboxylic acids is 1. The number of aryl methyl sites for hydroxylation is 3. The number of thiazole rings is 1. The van der Waals surface area contributed by atoms with Crippen LogP contribution >= 0.6 is 11.3 Å². The summed E-state index contributed by atoms with van der Waals surface area (Å²) in [5, 5.41) is 0.807. The minimum absolute atomic E-state index is 0.116. The Morgan fingerprint density at radius 2 is 1.86 bits per heavy atom. The Labute approximate surface area is 178 Å². The molecule has 0 aliphatic carbocycles. The van der Waals surface area contributed by atoms with Crippen molar-refractivity contribution in [2.75, 3.05) is 32.1 Å². The van der Waals surface area contributed by atoms with Crippen molar-refractivity contribution in [3.05, 3.63) is 58.7 Å². The van der Waals surface area contributed by atoms with Crippen molar-refractivity contribution < 1.29 is 4.79 Å². The van der Waals surface area contributed by atoms with Crippen LogP contribution in [-0.4, -0.2) is 43.0 Å². The van der Waals surface area contributed by atoms with Gasteiger partial charge in [0.15, 0.2) is 5.13 Å². The van der Waals surface area contributed by atoms with E-state index in [9.17, 15) is 4.79 Å². The summed E-state index contributed by atoms with van der Waals surface area (Å²) in [6.45, 7) is 7.94. The highest BCUT2D eigenvalue weighted by Gasteiger charge is 2.20. The lowest BCUT2D eigenvalue weighted by Crippen LogP contribution is -2.34. The molecular weight excluding hydrogens is 378 g/mol. The molecule has 0 aliphatic rings. The highest BCUT2D eigenvalue weighted by atomic mass is 32.1. The maximum atomic E-state index is 13.3. The van der Waals surface area contributed by atoms with Gasteiger partial charge in [-0.15, -0.1) is 0 Å². The first-order valence-electron chi connectivity index (χ1n) is 10.3. The molecule has 3 aromatic rings. The molecule has 0 spiro atoms. The summed E-state index contributed by atoms with van der Waals surface area (Å²) in [5.74, 6) is 0.116. The summed E-state index contributed by atoms with van der Waals surface area (Å²) < 4.78 is 1.15. The molecule has 0 atom stereocenters. The Morgan fingerprint density at radius 1 is 1.07 bits per heavy atom. The number of hydrogen-bond donors (Lipinski definition) is 0. The lowest BCUT2D eigenvalue weighted by Gasteiger charge is -2.21. The molecule has 29 heavy (non-hydrogen) atoms. The number of anilines is 1. The van der Waals surface area contributed by atoms with Gasteiger partial charge in [0.25, 0.3) is 0 Å². The third-order valence-corrected chi connectivity index (χ3v) is 6.25. The Hall–Kier alpha value is -2.24. The molecule has 0 bridgehead atoms. The molecule has 0 saturated heterocycles. The van der Waals surface area contributed by atoms with E-state index in [0.717, 1.165) is 40.3 Å². The van der Waals surface area contributed by atoms with Crippen LogP contribution in [0.4, 0.5) is 5.13 Å². The van der Waals surface area contributed by atoms with Crippen molar-refractivity contribution in [3.8, 4) is 0 Å². The second-order valence-electron chi connectivity index (χ2n) is 7.96. The predicted molar refractivity (Wildman–Crippen MR) is 124 cm³/mol. The molecule has 5 heteroatoms. The number of amides is 1. The van der Waals surface area contributed by atoms with Gasteiger partial charge in [-0.25, -0.2) is 4.98 Å². The second-order valence-corrected chi connectivity index (χ2v) is 8.97. The first kappa shape index (κ1) is 21.5. The number of nitrogens with zero attached hydrogens (tertiary/aromatic N) is 3. The summed E-state index contributed by atoms with van der Waals surface area (Å²) in [5.41, 5.74) is 5.75. The van der Waals surface area contributed by atoms with Gasteiger partial charge in [0.05, 0.1) is 16.6 Å². The summed E-state index contributed by atoms with van der Waals surface area (Å²) in [6, 6.07) is 12.7. The molecule has 0 N–H and O–H groups in total. The van der Waals surface area contributed by atoms with Gasteiger partial charge in [0, 0.05) is 6.54 Å². The number of fused-ring (bicyclic) bond motifs is 1. The molecule has 4 nitrogen and oxygen atoms in total. The minimum atomic E-state index is 0.116. The standard InChI is InChI=1S/C24H31N3OS/c1-6-19-9-11-21-22(15-19)29-24(25-21)27(13-7-12-26(4)5)23(28)16-20-10-8-17(2)14-18(20)3/h8-11,14-15H,6-7,12-13,16H2,1-5H3. The first-order valence-corrected chi connectivity index (χ1v) is 11.1. The Kier molecular flexibility index (Phi) is 7.04. The molecule has 1 heterocycles. The Morgan fingerprint density at radius 3 is 2.55 bits per heavy atom. The molecule has 1 aromatic heterocycles. The molecule has 2 aromatic carbocycles. The number of benzene rings is 2. The third-order valence-electron chi connectivity index (χ3n) is 5.21. The summed E-state index contributed by atoms with van der Waals surface area (Å²) in [6.07, 6.45) is 2.33. The van der Waals surface area contributed by atoms with E-state index in [1.165, 1.54) is 16.7 Å². The fourth-order valence-electron chi connectivity index (χ4n) is 3.47. The van der Waals surface area contributed by atoms with E-state index in [-0.39, 0.29) is 5.91 Å². The van der Waals surface area contributed by atoms with E-state index in [1.54, 1.807) is 11.3 Å². The van der Waals surface area contributed by atoms with Crippen molar-refractivity contribution in [2.24, 2.45) is 0 Å². The van der Waals surface area contributed by atoms with E-state index >= 15 is 0 Å². The maximum Gasteiger partial charge on any atom is 0.233 e. The van der Waals surface area contributed by atoms with Crippen LogP contribution in [0.1, 0.15) is 35.6 Å². The molecule has 1 amide bonds. The van der Waals surface area contributed by atoms with E-state index in [0.29, 0.717) is 13.0 Å². The van der Waals surface area contributed by atoms with E-state index in [2.05, 4.69) is 76.2 Å². The lowest BCUT2D eigenvalue weighted by atomic mass is 10.0. The zero-order valence-electron chi connectivity index (χ0n) is 18.2. The molecule has 0 fully saturated rings. The van der Waals surface area contributed by atoms with Crippen molar-refractivity contribution in [3.63, 3.8) is 0 Å². The number of aromatic nitrogens is 1. The highest BCUT2D eigenvalue weighted by molar-refractivity contribution is 7.22. The highest BCUT2D eigenvalue weighted by Crippen LogP contribution is 2.30. The predicted octanol–water partition coefficient (Wildman–Crippen LogP) is 5.00. The van der Waals surface area contributed by atoms with Crippen LogP contribution in [0.15, 0.2) is 36.4 Å². The molecule has 0 aliphatic heterocycles. The Bertz CT molecular complexity index is 993. The van der Waals surface area contributed by atoms with Gasteiger partial charge in [0.2, 0.25) is 5.91 Å². The van der Waals surface area contributed by atoms with Crippen LogP contribution in [-0.2, 0) is 17.6 Å². The van der Waals surface area contributed by atoms with Crippen molar-refractivity contribution in [1.29, 1.82) is 0 Å². The SMILES string of the molecule is CCc1ccc2nc(N(CCCN(C)C)C(=O)Cc3ccc(C)cc3C)sc2c1. The Balaban J connectivity index is 1.87. The largest absolute Gasteiger partial charge is 0.309 e. The second kappa shape index (κ2) is 9.51. The average molecular weight is 410 g/mol. The smallest absolute Gasteiger partial charge is 0.233 e. The summed E-state index contributed by atoms with van der Waals surface area (Å²) in [4.78, 5) is 22.1. The molecule has 154 valence electrons. The molecule has 3 rings (SSSR count). The van der Waals surface area contributed by atoms with Gasteiger partial charge in [-0.05, 0) is 76.2 Å². The van der Waals surface area contributed by atoms with E-state index < -0.39 is 0 Å². The normalized spacial score (nSPS) is 11.4. The van der Waals surface area contributed by atoms with Crippen LogP contribution in [0.5, 0.6) is 0 Å². The number of rotatable bonds is 8. The first-order chi connectivity index (χ1) is 13.9. The van der Waals surface area contributed by atoms with Gasteiger partial charge >= 0.3 is 0 Å². The van der Waals surface area contributed by atoms with Crippen LogP contribution in [0.25, 0.3) is 10.2 Å². The topological polar surface area (TPSA) is 36.4 Å². The molecular formula is C24H31N3OS. The molecule has 0 saturated carbocycles. The van der Waals surface area contributed by atoms with Gasteiger partial charge < -0.3 is 4.90 Å². The third kappa shape index (κ3) is 5.43. The quantitative estimate of drug-likeness (QED) is 0.525. The van der Waals surface area contributed by atoms with Gasteiger partial charge in [-0.2, -0.15) is 0 Å². The van der Waals surface area contributed by atoms with Crippen LogP contribution < -0.4 is 4.90 Å². The van der Waals surface area contributed by atoms with Gasteiger partial charge in [0.1, 0.15) is 0 Å². The van der Waals surface area contributed by atoms with Crippen LogP contribution in [0.3, 0.4) is 0 Å². The van der Waals surface area contributed by atoms with Crippen LogP contribution in [0.2, 0.25) is 0 Å². The fraction of sp³-hybridized carbons (Fsp3) is 0.417. The minimum Gasteiger partial charge on any atom is -0.309 e. The number of hydrogen-bond acceptors (Lipinski definition) is 4. The van der Waals surface area contributed by atoms with Gasteiger partial charge in [-0.1, -0.05) is 48.1 Å². The zero-order valence-corrected chi connectivity index (χ0v) is 19.0. The van der Waals surface area contributed by atoms with Crippen LogP contribution in [0, 0.1) is 13.8 Å². The molecule has 0 radical (unpaired) electrons. The number of carbonyl (C=O) groups is 1. The monoisotopic (exact) mass is 409 g/mol. The molecule has 0 unspecified atom stereocenters. The van der Waals surface area contributed by atoms with E-state index in [1.807, 2.05) is 4.90 Å². The maximum absolute atomic E-state index is 13.3. The van der Waals surface area contributed by atoms with Crippen molar-refractivity contribution in [1.82, 2.24) is 9.88 Å². The fourth-order valence-corrected chi connectivity index (χ4v) is 4.54. The average Bonchev–Trinajstić information content (AvgIpc) is 3.09. The zero-order chi connectivity index (χ0) is 21.0. The van der Waals surface area contributed by atoms with Crippen molar-refractivity contribution >= 4 is 32.6 Å². The van der Waals surface area contributed by atoms with Crippen molar-refractivity contribution in [2.45, 2.75) is 40.0 Å².